The van der Waals surface area contributed by atoms with Crippen molar-refractivity contribution in [3.63, 3.8) is 0 Å². The van der Waals surface area contributed by atoms with Crippen molar-refractivity contribution in [2.75, 3.05) is 0 Å². The van der Waals surface area contributed by atoms with Gasteiger partial charge in [-0.1, -0.05) is 34.8 Å². The Bertz CT molecular complexity index is 642. The SMILES string of the molecule is Cc1cc(-c2nn(C3CCCC3)cc2C=O)ccc1Br. The minimum Gasteiger partial charge on any atom is -0.298 e. The van der Waals surface area contributed by atoms with E-state index in [1.54, 1.807) is 0 Å². The van der Waals surface area contributed by atoms with Crippen LogP contribution in [0.5, 0.6) is 0 Å². The van der Waals surface area contributed by atoms with Gasteiger partial charge in [-0.05, 0) is 37.5 Å². The van der Waals surface area contributed by atoms with Crippen LogP contribution in [0.3, 0.4) is 0 Å². The van der Waals surface area contributed by atoms with Gasteiger partial charge >= 0.3 is 0 Å². The first-order chi connectivity index (χ1) is 9.69. The fraction of sp³-hybridized carbons (Fsp3) is 0.375. The third-order valence-corrected chi connectivity index (χ3v) is 4.91. The summed E-state index contributed by atoms with van der Waals surface area (Å²) in [4.78, 5) is 11.3. The van der Waals surface area contributed by atoms with Crippen molar-refractivity contribution >= 4 is 22.2 Å². The minimum atomic E-state index is 0.457. The molecule has 0 saturated heterocycles. The highest BCUT2D eigenvalue weighted by molar-refractivity contribution is 9.10. The average Bonchev–Trinajstić information content (AvgIpc) is 3.09. The van der Waals surface area contributed by atoms with Crippen LogP contribution in [0.15, 0.2) is 28.9 Å². The Morgan fingerprint density at radius 1 is 1.35 bits per heavy atom. The topological polar surface area (TPSA) is 34.9 Å². The van der Waals surface area contributed by atoms with Crippen LogP contribution in [0.1, 0.15) is 47.6 Å². The van der Waals surface area contributed by atoms with Crippen molar-refractivity contribution < 1.29 is 4.79 Å². The summed E-state index contributed by atoms with van der Waals surface area (Å²) in [5.74, 6) is 0. The Hall–Kier alpha value is -1.42. The summed E-state index contributed by atoms with van der Waals surface area (Å²) in [5, 5.41) is 4.67. The van der Waals surface area contributed by atoms with Crippen LogP contribution in [0.4, 0.5) is 0 Å². The van der Waals surface area contributed by atoms with Crippen molar-refractivity contribution in [3.05, 3.63) is 40.0 Å². The number of carbonyl (C=O) groups excluding carboxylic acids is 1. The maximum Gasteiger partial charge on any atom is 0.153 e. The van der Waals surface area contributed by atoms with E-state index in [-0.39, 0.29) is 0 Å². The molecule has 3 rings (SSSR count). The molecule has 0 atom stereocenters. The molecule has 104 valence electrons. The van der Waals surface area contributed by atoms with Gasteiger partial charge in [0.25, 0.3) is 0 Å². The quantitative estimate of drug-likeness (QED) is 0.773. The van der Waals surface area contributed by atoms with Gasteiger partial charge in [0.15, 0.2) is 6.29 Å². The van der Waals surface area contributed by atoms with Gasteiger partial charge < -0.3 is 0 Å². The molecule has 4 heteroatoms. The summed E-state index contributed by atoms with van der Waals surface area (Å²) in [6, 6.07) is 6.54. The third-order valence-electron chi connectivity index (χ3n) is 4.02. The largest absolute Gasteiger partial charge is 0.298 e. The predicted octanol–water partition coefficient (Wildman–Crippen LogP) is 4.55. The molecule has 1 heterocycles. The molecular formula is C16H17BrN2O. The molecule has 0 unspecified atom stereocenters. The summed E-state index contributed by atoms with van der Waals surface area (Å²) in [6.45, 7) is 2.04. The molecule has 0 bridgehead atoms. The van der Waals surface area contributed by atoms with Crippen LogP contribution in [0.25, 0.3) is 11.3 Å². The second-order valence-corrected chi connectivity index (χ2v) is 6.29. The molecule has 0 aliphatic heterocycles. The number of carbonyl (C=O) groups is 1. The predicted molar refractivity (Wildman–Crippen MR) is 83.0 cm³/mol. The second kappa shape index (κ2) is 5.52. The fourth-order valence-corrected chi connectivity index (χ4v) is 3.11. The van der Waals surface area contributed by atoms with Gasteiger partial charge in [-0.15, -0.1) is 0 Å². The first kappa shape index (κ1) is 13.6. The Morgan fingerprint density at radius 3 is 2.75 bits per heavy atom. The summed E-state index contributed by atoms with van der Waals surface area (Å²) in [5.41, 5.74) is 3.63. The molecule has 3 nitrogen and oxygen atoms in total. The molecule has 0 amide bonds. The van der Waals surface area contributed by atoms with E-state index < -0.39 is 0 Å². The Balaban J connectivity index is 2.03. The van der Waals surface area contributed by atoms with Gasteiger partial charge in [0.1, 0.15) is 5.69 Å². The van der Waals surface area contributed by atoms with Crippen LogP contribution < -0.4 is 0 Å². The van der Waals surface area contributed by atoms with Crippen LogP contribution in [0, 0.1) is 6.92 Å². The molecule has 20 heavy (non-hydrogen) atoms. The molecule has 0 spiro atoms. The molecule has 2 aromatic rings. The third kappa shape index (κ3) is 2.44. The first-order valence-electron chi connectivity index (χ1n) is 7.00. The lowest BCUT2D eigenvalue weighted by Crippen LogP contribution is -2.04. The Kier molecular flexibility index (Phi) is 3.74. The number of halogens is 1. The van der Waals surface area contributed by atoms with E-state index in [0.29, 0.717) is 11.6 Å². The van der Waals surface area contributed by atoms with E-state index in [4.69, 9.17) is 0 Å². The van der Waals surface area contributed by atoms with Gasteiger partial charge in [-0.25, -0.2) is 0 Å². The number of hydrogen-bond donors (Lipinski definition) is 0. The maximum absolute atomic E-state index is 11.3. The van der Waals surface area contributed by atoms with E-state index in [0.717, 1.165) is 27.6 Å². The monoisotopic (exact) mass is 332 g/mol. The number of rotatable bonds is 3. The Morgan fingerprint density at radius 2 is 2.10 bits per heavy atom. The number of benzene rings is 1. The summed E-state index contributed by atoms with van der Waals surface area (Å²) in [6.07, 6.45) is 7.65. The standard InChI is InChI=1S/C16H17BrN2O/c1-11-8-12(6-7-15(11)17)16-13(10-20)9-19(18-16)14-4-2-3-5-14/h6-10,14H,2-5H2,1H3. The zero-order valence-corrected chi connectivity index (χ0v) is 13.1. The average molecular weight is 333 g/mol. The zero-order valence-electron chi connectivity index (χ0n) is 11.5. The molecule has 1 fully saturated rings. The molecule has 1 aliphatic carbocycles. The van der Waals surface area contributed by atoms with E-state index in [2.05, 4.69) is 27.1 Å². The van der Waals surface area contributed by atoms with Crippen molar-refractivity contribution in [2.45, 2.75) is 38.6 Å². The van der Waals surface area contributed by atoms with Crippen LogP contribution in [0.2, 0.25) is 0 Å². The van der Waals surface area contributed by atoms with Gasteiger partial charge in [0.05, 0.1) is 11.6 Å². The van der Waals surface area contributed by atoms with Crippen LogP contribution >= 0.6 is 15.9 Å². The highest BCUT2D eigenvalue weighted by atomic mass is 79.9. The molecule has 1 saturated carbocycles. The summed E-state index contributed by atoms with van der Waals surface area (Å²) >= 11 is 3.50. The second-order valence-electron chi connectivity index (χ2n) is 5.43. The van der Waals surface area contributed by atoms with Crippen molar-refractivity contribution in [1.82, 2.24) is 9.78 Å². The molecular weight excluding hydrogens is 316 g/mol. The van der Waals surface area contributed by atoms with E-state index in [1.807, 2.05) is 29.9 Å². The normalized spacial score (nSPS) is 15.7. The number of aldehydes is 1. The van der Waals surface area contributed by atoms with E-state index in [9.17, 15) is 4.79 Å². The lowest BCUT2D eigenvalue weighted by molar-refractivity contribution is 0.112. The highest BCUT2D eigenvalue weighted by Crippen LogP contribution is 2.32. The van der Waals surface area contributed by atoms with E-state index in [1.165, 1.54) is 25.7 Å². The summed E-state index contributed by atoms with van der Waals surface area (Å²) < 4.78 is 3.06. The minimum absolute atomic E-state index is 0.457. The molecule has 1 aliphatic rings. The maximum atomic E-state index is 11.3. The number of hydrogen-bond acceptors (Lipinski definition) is 2. The van der Waals surface area contributed by atoms with Crippen molar-refractivity contribution in [3.8, 4) is 11.3 Å². The summed E-state index contributed by atoms with van der Waals surface area (Å²) in [7, 11) is 0. The number of nitrogens with zero attached hydrogens (tertiary/aromatic N) is 2. The highest BCUT2D eigenvalue weighted by Gasteiger charge is 2.20. The molecule has 0 N–H and O–H groups in total. The number of aryl methyl sites for hydroxylation is 1. The first-order valence-corrected chi connectivity index (χ1v) is 7.79. The van der Waals surface area contributed by atoms with Gasteiger partial charge in [0.2, 0.25) is 0 Å². The Labute approximate surface area is 127 Å². The lowest BCUT2D eigenvalue weighted by Gasteiger charge is -2.08. The lowest BCUT2D eigenvalue weighted by atomic mass is 10.1. The van der Waals surface area contributed by atoms with Gasteiger partial charge in [-0.2, -0.15) is 5.10 Å². The van der Waals surface area contributed by atoms with E-state index >= 15 is 0 Å². The van der Waals surface area contributed by atoms with Crippen LogP contribution in [-0.4, -0.2) is 16.1 Å². The zero-order chi connectivity index (χ0) is 14.1. The van der Waals surface area contributed by atoms with Crippen molar-refractivity contribution in [2.24, 2.45) is 0 Å². The number of aromatic nitrogens is 2. The van der Waals surface area contributed by atoms with Crippen molar-refractivity contribution in [1.29, 1.82) is 0 Å². The van der Waals surface area contributed by atoms with Gasteiger partial charge in [-0.3, -0.25) is 9.48 Å². The van der Waals surface area contributed by atoms with Crippen LogP contribution in [-0.2, 0) is 0 Å². The molecule has 0 radical (unpaired) electrons. The molecule has 1 aromatic carbocycles. The molecule has 1 aromatic heterocycles. The fourth-order valence-electron chi connectivity index (χ4n) is 2.86. The smallest absolute Gasteiger partial charge is 0.153 e. The van der Waals surface area contributed by atoms with Gasteiger partial charge in [0, 0.05) is 16.2 Å².